The molecule has 0 aromatic heterocycles. The predicted molar refractivity (Wildman–Crippen MR) is 87.8 cm³/mol. The molecule has 20 heavy (non-hydrogen) atoms. The maximum Gasteiger partial charge on any atom is 0.0331 e. The molecule has 0 amide bonds. The van der Waals surface area contributed by atoms with E-state index in [9.17, 15) is 0 Å². The van der Waals surface area contributed by atoms with Crippen molar-refractivity contribution in [2.24, 2.45) is 23.5 Å². The Morgan fingerprint density at radius 2 is 1.90 bits per heavy atom. The molecule has 2 nitrogen and oxygen atoms in total. The Kier molecular flexibility index (Phi) is 5.92. The van der Waals surface area contributed by atoms with Gasteiger partial charge in [-0.3, -0.25) is 4.90 Å². The van der Waals surface area contributed by atoms with Gasteiger partial charge < -0.3 is 5.73 Å². The molecule has 1 aliphatic heterocycles. The molecule has 0 aromatic rings. The Balaban J connectivity index is 2.01. The Labute approximate surface area is 126 Å². The van der Waals surface area contributed by atoms with E-state index in [1.807, 2.05) is 0 Å². The fraction of sp³-hybridized carbons (Fsp3) is 1.00. The number of nitrogens with two attached hydrogens (primary N) is 1. The molecule has 0 bridgehead atoms. The van der Waals surface area contributed by atoms with Gasteiger partial charge in [-0.1, -0.05) is 46.5 Å². The third-order valence-corrected chi connectivity index (χ3v) is 6.35. The highest BCUT2D eigenvalue weighted by atomic mass is 15.2. The monoisotopic (exact) mass is 280 g/mol. The minimum atomic E-state index is 0.330. The van der Waals surface area contributed by atoms with Gasteiger partial charge >= 0.3 is 0 Å². The summed E-state index contributed by atoms with van der Waals surface area (Å²) >= 11 is 0. The van der Waals surface area contributed by atoms with Crippen molar-refractivity contribution in [1.82, 2.24) is 4.90 Å². The van der Waals surface area contributed by atoms with Crippen LogP contribution in [0.15, 0.2) is 0 Å². The molecule has 0 aromatic carbocycles. The van der Waals surface area contributed by atoms with Crippen LogP contribution >= 0.6 is 0 Å². The molecule has 1 aliphatic carbocycles. The van der Waals surface area contributed by atoms with Crippen LogP contribution in [-0.4, -0.2) is 30.1 Å². The van der Waals surface area contributed by atoms with Crippen LogP contribution in [0.4, 0.5) is 0 Å². The highest BCUT2D eigenvalue weighted by Gasteiger charge is 2.39. The zero-order chi connectivity index (χ0) is 14.6. The molecule has 2 rings (SSSR count). The van der Waals surface area contributed by atoms with Gasteiger partial charge in [0.1, 0.15) is 0 Å². The molecule has 1 saturated heterocycles. The summed E-state index contributed by atoms with van der Waals surface area (Å²) in [6, 6.07) is 0. The fourth-order valence-electron chi connectivity index (χ4n) is 4.50. The Bertz CT molecular complexity index is 291. The van der Waals surface area contributed by atoms with Crippen molar-refractivity contribution in [2.45, 2.75) is 77.7 Å². The van der Waals surface area contributed by atoms with Gasteiger partial charge in [0, 0.05) is 18.6 Å². The van der Waals surface area contributed by atoms with Gasteiger partial charge in [-0.15, -0.1) is 0 Å². The normalized spacial score (nSPS) is 40.5. The molecule has 118 valence electrons. The second kappa shape index (κ2) is 7.26. The minimum Gasteiger partial charge on any atom is -0.329 e. The molecule has 2 aliphatic rings. The second-order valence-corrected chi connectivity index (χ2v) is 7.70. The van der Waals surface area contributed by atoms with Gasteiger partial charge in [-0.25, -0.2) is 0 Å². The molecule has 1 saturated carbocycles. The third-order valence-electron chi connectivity index (χ3n) is 6.35. The van der Waals surface area contributed by atoms with E-state index in [0.717, 1.165) is 24.3 Å². The molecule has 4 unspecified atom stereocenters. The van der Waals surface area contributed by atoms with Crippen molar-refractivity contribution in [1.29, 1.82) is 0 Å². The maximum absolute atomic E-state index is 6.30. The van der Waals surface area contributed by atoms with Crippen LogP contribution in [0, 0.1) is 17.8 Å². The van der Waals surface area contributed by atoms with Crippen LogP contribution in [0.5, 0.6) is 0 Å². The molecule has 2 heteroatoms. The summed E-state index contributed by atoms with van der Waals surface area (Å²) in [5, 5.41) is 0. The summed E-state index contributed by atoms with van der Waals surface area (Å²) in [5.74, 6) is 2.69. The molecule has 4 atom stereocenters. The number of hydrogen-bond donors (Lipinski definition) is 1. The standard InChI is InChI=1S/C18H36N2/c1-4-6-17-7-5-10-18(14-19,11-8-17)20-12-9-15(2)16(3)13-20/h15-17H,4-14,19H2,1-3H3. The number of rotatable bonds is 4. The van der Waals surface area contributed by atoms with Crippen molar-refractivity contribution in [3.63, 3.8) is 0 Å². The van der Waals surface area contributed by atoms with Crippen LogP contribution in [0.25, 0.3) is 0 Å². The summed E-state index contributed by atoms with van der Waals surface area (Å²) in [7, 11) is 0. The van der Waals surface area contributed by atoms with Crippen LogP contribution in [-0.2, 0) is 0 Å². The number of piperidine rings is 1. The molecule has 0 radical (unpaired) electrons. The lowest BCUT2D eigenvalue weighted by Crippen LogP contribution is -2.57. The van der Waals surface area contributed by atoms with Crippen LogP contribution in [0.1, 0.15) is 72.1 Å². The third kappa shape index (κ3) is 3.57. The van der Waals surface area contributed by atoms with Crippen molar-refractivity contribution < 1.29 is 0 Å². The van der Waals surface area contributed by atoms with Crippen LogP contribution < -0.4 is 5.73 Å². The molecule has 0 spiro atoms. The van der Waals surface area contributed by atoms with E-state index >= 15 is 0 Å². The van der Waals surface area contributed by atoms with Crippen molar-refractivity contribution >= 4 is 0 Å². The van der Waals surface area contributed by atoms with Crippen molar-refractivity contribution in [2.75, 3.05) is 19.6 Å². The molecule has 2 N–H and O–H groups in total. The van der Waals surface area contributed by atoms with E-state index in [1.54, 1.807) is 0 Å². The Morgan fingerprint density at radius 1 is 1.10 bits per heavy atom. The number of likely N-dealkylation sites (tertiary alicyclic amines) is 1. The lowest BCUT2D eigenvalue weighted by molar-refractivity contribution is 0.0200. The first kappa shape index (κ1) is 16.3. The fourth-order valence-corrected chi connectivity index (χ4v) is 4.50. The number of hydrogen-bond acceptors (Lipinski definition) is 2. The molecule has 2 fully saturated rings. The van der Waals surface area contributed by atoms with Gasteiger partial charge in [-0.05, 0) is 50.0 Å². The predicted octanol–water partition coefficient (Wildman–Crippen LogP) is 4.04. The van der Waals surface area contributed by atoms with E-state index in [4.69, 9.17) is 5.73 Å². The number of nitrogens with zero attached hydrogens (tertiary/aromatic N) is 1. The summed E-state index contributed by atoms with van der Waals surface area (Å²) in [6.45, 7) is 10.6. The second-order valence-electron chi connectivity index (χ2n) is 7.70. The van der Waals surface area contributed by atoms with Gasteiger partial charge in [-0.2, -0.15) is 0 Å². The van der Waals surface area contributed by atoms with Crippen LogP contribution in [0.3, 0.4) is 0 Å². The average molecular weight is 281 g/mol. The first-order valence-corrected chi connectivity index (χ1v) is 9.06. The van der Waals surface area contributed by atoms with E-state index in [2.05, 4.69) is 25.7 Å². The van der Waals surface area contributed by atoms with E-state index in [-0.39, 0.29) is 0 Å². The lowest BCUT2D eigenvalue weighted by atomic mass is 9.81. The summed E-state index contributed by atoms with van der Waals surface area (Å²) < 4.78 is 0. The maximum atomic E-state index is 6.30. The minimum absolute atomic E-state index is 0.330. The lowest BCUT2D eigenvalue weighted by Gasteiger charge is -2.48. The van der Waals surface area contributed by atoms with Gasteiger partial charge in [0.15, 0.2) is 0 Å². The first-order valence-electron chi connectivity index (χ1n) is 9.06. The Hall–Kier alpha value is -0.0800. The quantitative estimate of drug-likeness (QED) is 0.787. The summed E-state index contributed by atoms with van der Waals surface area (Å²) in [5.41, 5.74) is 6.63. The zero-order valence-electron chi connectivity index (χ0n) is 14.0. The molecule has 1 heterocycles. The smallest absolute Gasteiger partial charge is 0.0331 e. The van der Waals surface area contributed by atoms with E-state index in [0.29, 0.717) is 5.54 Å². The van der Waals surface area contributed by atoms with E-state index in [1.165, 1.54) is 64.5 Å². The van der Waals surface area contributed by atoms with Crippen molar-refractivity contribution in [3.8, 4) is 0 Å². The average Bonchev–Trinajstić information content (AvgIpc) is 2.66. The van der Waals surface area contributed by atoms with Gasteiger partial charge in [0.05, 0.1) is 0 Å². The van der Waals surface area contributed by atoms with Crippen LogP contribution in [0.2, 0.25) is 0 Å². The highest BCUT2D eigenvalue weighted by Crippen LogP contribution is 2.38. The van der Waals surface area contributed by atoms with Gasteiger partial charge in [0.2, 0.25) is 0 Å². The molecular formula is C18H36N2. The first-order chi connectivity index (χ1) is 9.61. The molecular weight excluding hydrogens is 244 g/mol. The highest BCUT2D eigenvalue weighted by molar-refractivity contribution is 4.96. The van der Waals surface area contributed by atoms with Crippen molar-refractivity contribution in [3.05, 3.63) is 0 Å². The largest absolute Gasteiger partial charge is 0.329 e. The summed E-state index contributed by atoms with van der Waals surface area (Å²) in [4.78, 5) is 2.78. The summed E-state index contributed by atoms with van der Waals surface area (Å²) in [6.07, 6.45) is 11.1. The topological polar surface area (TPSA) is 29.3 Å². The SMILES string of the molecule is CCCC1CCCC(CN)(N2CCC(C)C(C)C2)CC1. The Morgan fingerprint density at radius 3 is 2.55 bits per heavy atom. The van der Waals surface area contributed by atoms with E-state index < -0.39 is 0 Å². The van der Waals surface area contributed by atoms with Gasteiger partial charge in [0.25, 0.3) is 0 Å². The zero-order valence-corrected chi connectivity index (χ0v) is 14.0.